The van der Waals surface area contributed by atoms with Gasteiger partial charge in [-0.3, -0.25) is 4.84 Å². The molecule has 11 heavy (non-hydrogen) atoms. The van der Waals surface area contributed by atoms with E-state index in [0.717, 1.165) is 24.6 Å². The first-order valence-corrected chi connectivity index (χ1v) is 4.65. The van der Waals surface area contributed by atoms with Gasteiger partial charge in [-0.2, -0.15) is 11.8 Å². The lowest BCUT2D eigenvalue weighted by Crippen LogP contribution is -2.43. The van der Waals surface area contributed by atoms with Gasteiger partial charge in [-0.25, -0.2) is 10.3 Å². The van der Waals surface area contributed by atoms with Crippen molar-refractivity contribution in [2.24, 2.45) is 0 Å². The average Bonchev–Trinajstić information content (AvgIpc) is 2.07. The molecule has 1 heterocycles. The van der Waals surface area contributed by atoms with Crippen LogP contribution in [0.2, 0.25) is 0 Å². The Balaban J connectivity index is 2.27. The largest absolute Gasteiger partial charge is 0.341 e. The highest BCUT2D eigenvalue weighted by Crippen LogP contribution is 2.08. The van der Waals surface area contributed by atoms with Gasteiger partial charge in [-0.15, -0.1) is 0 Å². The second kappa shape index (κ2) is 4.46. The number of amides is 2. The van der Waals surface area contributed by atoms with Gasteiger partial charge in [0.2, 0.25) is 0 Å². The quantitative estimate of drug-likeness (QED) is 0.584. The third kappa shape index (κ3) is 2.59. The summed E-state index contributed by atoms with van der Waals surface area (Å²) in [6.45, 7) is 1.64. The zero-order valence-corrected chi connectivity index (χ0v) is 7.32. The van der Waals surface area contributed by atoms with E-state index in [4.69, 9.17) is 0 Å². The molecule has 2 amide bonds. The number of hydrogen-bond acceptors (Lipinski definition) is 3. The zero-order chi connectivity index (χ0) is 8.10. The van der Waals surface area contributed by atoms with Crippen molar-refractivity contribution >= 4 is 17.8 Å². The van der Waals surface area contributed by atoms with Gasteiger partial charge in [-0.1, -0.05) is 0 Å². The van der Waals surface area contributed by atoms with E-state index in [2.05, 4.69) is 10.3 Å². The third-order valence-electron chi connectivity index (χ3n) is 1.49. The highest BCUT2D eigenvalue weighted by atomic mass is 32.2. The van der Waals surface area contributed by atoms with Gasteiger partial charge in [0.05, 0.1) is 7.11 Å². The van der Waals surface area contributed by atoms with Crippen molar-refractivity contribution < 1.29 is 9.63 Å². The predicted molar refractivity (Wildman–Crippen MR) is 44.4 cm³/mol. The van der Waals surface area contributed by atoms with Crippen LogP contribution in [0.3, 0.4) is 0 Å². The molecule has 0 unspecified atom stereocenters. The number of carbonyl (C=O) groups excluding carboxylic acids is 1. The van der Waals surface area contributed by atoms with E-state index in [1.807, 2.05) is 11.8 Å². The van der Waals surface area contributed by atoms with E-state index < -0.39 is 0 Å². The van der Waals surface area contributed by atoms with E-state index in [1.54, 1.807) is 4.90 Å². The fourth-order valence-electron chi connectivity index (χ4n) is 0.918. The minimum atomic E-state index is -0.132. The number of nitrogens with zero attached hydrogens (tertiary/aromatic N) is 1. The Kier molecular flexibility index (Phi) is 3.51. The Morgan fingerprint density at radius 1 is 1.55 bits per heavy atom. The Morgan fingerprint density at radius 3 is 2.73 bits per heavy atom. The summed E-state index contributed by atoms with van der Waals surface area (Å²) in [5.74, 6) is 2.05. The van der Waals surface area contributed by atoms with Gasteiger partial charge >= 0.3 is 6.03 Å². The number of rotatable bonds is 1. The fourth-order valence-corrected chi connectivity index (χ4v) is 1.82. The highest BCUT2D eigenvalue weighted by Gasteiger charge is 2.15. The fraction of sp³-hybridized carbons (Fsp3) is 0.833. The van der Waals surface area contributed by atoms with E-state index >= 15 is 0 Å². The van der Waals surface area contributed by atoms with Gasteiger partial charge in [0, 0.05) is 24.6 Å². The molecule has 1 fully saturated rings. The number of hydrogen-bond donors (Lipinski definition) is 1. The van der Waals surface area contributed by atoms with Crippen molar-refractivity contribution in [1.82, 2.24) is 10.4 Å². The molecule has 0 aromatic rings. The van der Waals surface area contributed by atoms with Crippen LogP contribution < -0.4 is 5.48 Å². The van der Waals surface area contributed by atoms with Crippen molar-refractivity contribution in [3.8, 4) is 0 Å². The van der Waals surface area contributed by atoms with Crippen LogP contribution in [0, 0.1) is 0 Å². The number of carbonyl (C=O) groups is 1. The number of urea groups is 1. The molecular formula is C6H12N2O2S. The molecule has 1 aliphatic heterocycles. The van der Waals surface area contributed by atoms with E-state index in [0.29, 0.717) is 0 Å². The van der Waals surface area contributed by atoms with Gasteiger partial charge in [-0.05, 0) is 0 Å². The SMILES string of the molecule is CONC(=O)N1CCSCC1. The maximum Gasteiger partial charge on any atom is 0.341 e. The first kappa shape index (κ1) is 8.67. The topological polar surface area (TPSA) is 41.6 Å². The Labute approximate surface area is 70.2 Å². The molecule has 0 radical (unpaired) electrons. The van der Waals surface area contributed by atoms with Crippen molar-refractivity contribution in [3.63, 3.8) is 0 Å². The van der Waals surface area contributed by atoms with Crippen LogP contribution in [0.5, 0.6) is 0 Å². The summed E-state index contributed by atoms with van der Waals surface area (Å²) in [5.41, 5.74) is 2.29. The predicted octanol–water partition coefficient (Wildman–Crippen LogP) is 0.306. The minimum absolute atomic E-state index is 0.132. The van der Waals surface area contributed by atoms with Crippen LogP contribution in [0.1, 0.15) is 0 Å². The number of hydroxylamine groups is 1. The second-order valence-corrected chi connectivity index (χ2v) is 3.44. The number of thioether (sulfide) groups is 1. The molecule has 1 N–H and O–H groups in total. The first-order chi connectivity index (χ1) is 5.34. The van der Waals surface area contributed by atoms with Crippen LogP contribution in [0.25, 0.3) is 0 Å². The number of nitrogens with one attached hydrogen (secondary N) is 1. The summed E-state index contributed by atoms with van der Waals surface area (Å²) in [7, 11) is 1.44. The molecule has 4 nitrogen and oxygen atoms in total. The first-order valence-electron chi connectivity index (χ1n) is 3.50. The Bertz CT molecular complexity index is 137. The highest BCUT2D eigenvalue weighted by molar-refractivity contribution is 7.99. The lowest BCUT2D eigenvalue weighted by molar-refractivity contribution is 0.0885. The molecular weight excluding hydrogens is 164 g/mol. The summed E-state index contributed by atoms with van der Waals surface area (Å²) in [6, 6.07) is -0.132. The average molecular weight is 176 g/mol. The van der Waals surface area contributed by atoms with Gasteiger partial charge < -0.3 is 4.90 Å². The second-order valence-electron chi connectivity index (χ2n) is 2.21. The maximum atomic E-state index is 11.1. The molecule has 1 aliphatic rings. The standard InChI is InChI=1S/C6H12N2O2S/c1-10-7-6(9)8-2-4-11-5-3-8/h2-5H2,1H3,(H,7,9). The van der Waals surface area contributed by atoms with Crippen LogP contribution in [0.15, 0.2) is 0 Å². The maximum absolute atomic E-state index is 11.1. The van der Waals surface area contributed by atoms with E-state index in [9.17, 15) is 4.79 Å². The lowest BCUT2D eigenvalue weighted by atomic mass is 10.5. The summed E-state index contributed by atoms with van der Waals surface area (Å²) < 4.78 is 0. The summed E-state index contributed by atoms with van der Waals surface area (Å²) in [5, 5.41) is 0. The van der Waals surface area contributed by atoms with Gasteiger partial charge in [0.25, 0.3) is 0 Å². The molecule has 0 aromatic carbocycles. The lowest BCUT2D eigenvalue weighted by Gasteiger charge is -2.25. The minimum Gasteiger partial charge on any atom is -0.321 e. The normalized spacial score (nSPS) is 18.1. The molecule has 0 spiro atoms. The Hall–Kier alpha value is -0.420. The summed E-state index contributed by atoms with van der Waals surface area (Å²) in [6.07, 6.45) is 0. The molecule has 0 atom stereocenters. The molecule has 64 valence electrons. The van der Waals surface area contributed by atoms with Gasteiger partial charge in [0.15, 0.2) is 0 Å². The molecule has 0 bridgehead atoms. The van der Waals surface area contributed by atoms with Crippen LogP contribution in [-0.2, 0) is 4.84 Å². The van der Waals surface area contributed by atoms with E-state index in [1.165, 1.54) is 7.11 Å². The molecule has 0 aliphatic carbocycles. The van der Waals surface area contributed by atoms with Crippen LogP contribution in [-0.4, -0.2) is 42.6 Å². The molecule has 1 rings (SSSR count). The molecule has 0 saturated carbocycles. The van der Waals surface area contributed by atoms with Crippen molar-refractivity contribution in [2.75, 3.05) is 31.7 Å². The van der Waals surface area contributed by atoms with Crippen molar-refractivity contribution in [3.05, 3.63) is 0 Å². The van der Waals surface area contributed by atoms with Crippen molar-refractivity contribution in [2.45, 2.75) is 0 Å². The van der Waals surface area contributed by atoms with Crippen LogP contribution >= 0.6 is 11.8 Å². The zero-order valence-electron chi connectivity index (χ0n) is 6.50. The third-order valence-corrected chi connectivity index (χ3v) is 2.43. The van der Waals surface area contributed by atoms with E-state index in [-0.39, 0.29) is 6.03 Å². The summed E-state index contributed by atoms with van der Waals surface area (Å²) >= 11 is 1.87. The van der Waals surface area contributed by atoms with Crippen molar-refractivity contribution in [1.29, 1.82) is 0 Å². The van der Waals surface area contributed by atoms with Crippen LogP contribution in [0.4, 0.5) is 4.79 Å². The summed E-state index contributed by atoms with van der Waals surface area (Å²) in [4.78, 5) is 17.3. The monoisotopic (exact) mass is 176 g/mol. The molecule has 5 heteroatoms. The van der Waals surface area contributed by atoms with Gasteiger partial charge in [0.1, 0.15) is 0 Å². The Morgan fingerprint density at radius 2 is 2.18 bits per heavy atom. The molecule has 0 aromatic heterocycles. The smallest absolute Gasteiger partial charge is 0.321 e. The molecule has 1 saturated heterocycles.